The Labute approximate surface area is 107 Å². The number of thiazole rings is 1. The summed E-state index contributed by atoms with van der Waals surface area (Å²) in [6.07, 6.45) is 5.26. The summed E-state index contributed by atoms with van der Waals surface area (Å²) in [4.78, 5) is 12.8. The van der Waals surface area contributed by atoms with Crippen LogP contribution < -0.4 is 5.32 Å². The van der Waals surface area contributed by atoms with Gasteiger partial charge in [0.05, 0.1) is 11.9 Å². The lowest BCUT2D eigenvalue weighted by atomic mass is 10.3. The molecule has 0 fully saturated rings. The Bertz CT molecular complexity index is 645. The quantitative estimate of drug-likeness (QED) is 0.754. The van der Waals surface area contributed by atoms with Gasteiger partial charge in [-0.25, -0.2) is 15.0 Å². The van der Waals surface area contributed by atoms with E-state index in [-0.39, 0.29) is 0 Å². The largest absolute Gasteiger partial charge is 0.300 e. The van der Waals surface area contributed by atoms with Gasteiger partial charge in [-0.1, -0.05) is 0 Å². The summed E-state index contributed by atoms with van der Waals surface area (Å²) in [5.74, 6) is 0.558. The van der Waals surface area contributed by atoms with Gasteiger partial charge in [0, 0.05) is 29.0 Å². The van der Waals surface area contributed by atoms with Gasteiger partial charge >= 0.3 is 0 Å². The lowest BCUT2D eigenvalue weighted by Gasteiger charge is -2.00. The van der Waals surface area contributed by atoms with Crippen molar-refractivity contribution in [1.29, 1.82) is 0 Å². The molecule has 2 N–H and O–H groups in total. The molecule has 0 aliphatic rings. The summed E-state index contributed by atoms with van der Waals surface area (Å²) in [5, 5.41) is 12.5. The highest BCUT2D eigenvalue weighted by molar-refractivity contribution is 7.14. The fourth-order valence-corrected chi connectivity index (χ4v) is 2.17. The molecule has 7 heteroatoms. The summed E-state index contributed by atoms with van der Waals surface area (Å²) in [6.45, 7) is 1.92. The zero-order valence-corrected chi connectivity index (χ0v) is 10.4. The summed E-state index contributed by atoms with van der Waals surface area (Å²) < 4.78 is 0. The van der Waals surface area contributed by atoms with Gasteiger partial charge in [0.15, 0.2) is 5.13 Å². The average Bonchev–Trinajstić information content (AvgIpc) is 2.98. The fraction of sp³-hybridized carbons (Fsp3) is 0.0909. The topological polar surface area (TPSA) is 79.4 Å². The van der Waals surface area contributed by atoms with Crippen molar-refractivity contribution in [2.45, 2.75) is 6.92 Å². The average molecular weight is 258 g/mol. The molecule has 90 valence electrons. The van der Waals surface area contributed by atoms with Gasteiger partial charge in [-0.2, -0.15) is 5.10 Å². The highest BCUT2D eigenvalue weighted by Gasteiger charge is 2.06. The van der Waals surface area contributed by atoms with Gasteiger partial charge in [0.2, 0.25) is 5.95 Å². The Balaban J connectivity index is 1.82. The highest BCUT2D eigenvalue weighted by Crippen LogP contribution is 2.25. The SMILES string of the molecule is Cc1ccnc(Nc2nc(-c3cn[nH]c3)cs2)n1. The molecule has 0 unspecified atom stereocenters. The lowest BCUT2D eigenvalue weighted by Crippen LogP contribution is -1.97. The fourth-order valence-electron chi connectivity index (χ4n) is 1.46. The van der Waals surface area contributed by atoms with Crippen LogP contribution in [-0.2, 0) is 0 Å². The molecule has 0 aromatic carbocycles. The number of aromatic nitrogens is 5. The maximum absolute atomic E-state index is 4.45. The molecule has 0 spiro atoms. The molecular formula is C11H10N6S. The van der Waals surface area contributed by atoms with Crippen LogP contribution >= 0.6 is 11.3 Å². The predicted molar refractivity (Wildman–Crippen MR) is 69.7 cm³/mol. The third-order valence-corrected chi connectivity index (χ3v) is 3.07. The van der Waals surface area contributed by atoms with Crippen molar-refractivity contribution in [3.8, 4) is 11.3 Å². The van der Waals surface area contributed by atoms with Crippen molar-refractivity contribution in [3.05, 3.63) is 35.7 Å². The molecule has 0 saturated heterocycles. The number of H-pyrrole nitrogens is 1. The van der Waals surface area contributed by atoms with E-state index in [0.717, 1.165) is 22.1 Å². The Kier molecular flexibility index (Phi) is 2.73. The molecule has 3 aromatic heterocycles. The van der Waals surface area contributed by atoms with Crippen molar-refractivity contribution in [3.63, 3.8) is 0 Å². The molecular weight excluding hydrogens is 248 g/mol. The van der Waals surface area contributed by atoms with Crippen LogP contribution in [0.4, 0.5) is 11.1 Å². The Morgan fingerprint density at radius 3 is 3.06 bits per heavy atom. The van der Waals surface area contributed by atoms with E-state index in [1.165, 1.54) is 11.3 Å². The van der Waals surface area contributed by atoms with Crippen LogP contribution in [0.2, 0.25) is 0 Å². The van der Waals surface area contributed by atoms with Gasteiger partial charge in [-0.15, -0.1) is 11.3 Å². The Morgan fingerprint density at radius 2 is 2.28 bits per heavy atom. The predicted octanol–water partition coefficient (Wildman–Crippen LogP) is 2.38. The summed E-state index contributed by atoms with van der Waals surface area (Å²) >= 11 is 1.50. The number of aryl methyl sites for hydroxylation is 1. The first kappa shape index (κ1) is 10.8. The summed E-state index contributed by atoms with van der Waals surface area (Å²) in [6, 6.07) is 1.85. The number of nitrogens with one attached hydrogen (secondary N) is 2. The van der Waals surface area contributed by atoms with Gasteiger partial charge in [0.1, 0.15) is 0 Å². The number of aromatic amines is 1. The third kappa shape index (κ3) is 2.21. The monoisotopic (exact) mass is 258 g/mol. The maximum Gasteiger partial charge on any atom is 0.229 e. The van der Waals surface area contributed by atoms with Gasteiger partial charge < -0.3 is 5.32 Å². The van der Waals surface area contributed by atoms with Crippen molar-refractivity contribution < 1.29 is 0 Å². The first-order valence-electron chi connectivity index (χ1n) is 5.32. The van der Waals surface area contributed by atoms with E-state index in [1.807, 2.05) is 24.6 Å². The zero-order chi connectivity index (χ0) is 12.4. The number of rotatable bonds is 3. The van der Waals surface area contributed by atoms with Crippen molar-refractivity contribution in [2.24, 2.45) is 0 Å². The van der Waals surface area contributed by atoms with Crippen molar-refractivity contribution in [1.82, 2.24) is 25.1 Å². The van der Waals surface area contributed by atoms with E-state index >= 15 is 0 Å². The van der Waals surface area contributed by atoms with Crippen molar-refractivity contribution in [2.75, 3.05) is 5.32 Å². The number of hydrogen-bond acceptors (Lipinski definition) is 6. The van der Waals surface area contributed by atoms with E-state index in [9.17, 15) is 0 Å². The maximum atomic E-state index is 4.45. The highest BCUT2D eigenvalue weighted by atomic mass is 32.1. The van der Waals surface area contributed by atoms with Crippen LogP contribution in [-0.4, -0.2) is 25.1 Å². The molecule has 0 aliphatic carbocycles. The molecule has 0 aliphatic heterocycles. The standard InChI is InChI=1S/C11H10N6S/c1-7-2-3-12-10(15-7)17-11-16-9(6-18-11)8-4-13-14-5-8/h2-6H,1H3,(H,13,14)(H,12,15,16,17). The van der Waals surface area contributed by atoms with Crippen LogP contribution in [0.25, 0.3) is 11.3 Å². The van der Waals surface area contributed by atoms with Gasteiger partial charge in [-0.05, 0) is 13.0 Å². The van der Waals surface area contributed by atoms with E-state index in [0.29, 0.717) is 5.95 Å². The lowest BCUT2D eigenvalue weighted by molar-refractivity contribution is 1.09. The molecule has 0 atom stereocenters. The first-order chi connectivity index (χ1) is 8.81. The van der Waals surface area contributed by atoms with Crippen LogP contribution in [0.3, 0.4) is 0 Å². The second kappa shape index (κ2) is 4.53. The Morgan fingerprint density at radius 1 is 1.33 bits per heavy atom. The Hall–Kier alpha value is -2.28. The summed E-state index contributed by atoms with van der Waals surface area (Å²) in [7, 11) is 0. The van der Waals surface area contributed by atoms with E-state index in [2.05, 4.69) is 30.5 Å². The van der Waals surface area contributed by atoms with Crippen LogP contribution in [0.15, 0.2) is 30.0 Å². The molecule has 3 aromatic rings. The third-order valence-electron chi connectivity index (χ3n) is 2.31. The molecule has 3 heterocycles. The van der Waals surface area contributed by atoms with E-state index in [1.54, 1.807) is 12.4 Å². The van der Waals surface area contributed by atoms with Gasteiger partial charge in [0.25, 0.3) is 0 Å². The van der Waals surface area contributed by atoms with E-state index < -0.39 is 0 Å². The minimum Gasteiger partial charge on any atom is -0.300 e. The molecule has 0 bridgehead atoms. The second-order valence-corrected chi connectivity index (χ2v) is 4.53. The minimum absolute atomic E-state index is 0.558. The van der Waals surface area contributed by atoms with Gasteiger partial charge in [-0.3, -0.25) is 5.10 Å². The van der Waals surface area contributed by atoms with Crippen LogP contribution in [0.5, 0.6) is 0 Å². The molecule has 0 radical (unpaired) electrons. The second-order valence-electron chi connectivity index (χ2n) is 3.67. The van der Waals surface area contributed by atoms with Crippen molar-refractivity contribution >= 4 is 22.4 Å². The normalized spacial score (nSPS) is 10.5. The number of anilines is 2. The van der Waals surface area contributed by atoms with Crippen LogP contribution in [0, 0.1) is 6.92 Å². The first-order valence-corrected chi connectivity index (χ1v) is 6.20. The molecule has 0 amide bonds. The molecule has 6 nitrogen and oxygen atoms in total. The molecule has 3 rings (SSSR count). The minimum atomic E-state index is 0.558. The number of hydrogen-bond donors (Lipinski definition) is 2. The summed E-state index contributed by atoms with van der Waals surface area (Å²) in [5.41, 5.74) is 2.76. The molecule has 18 heavy (non-hydrogen) atoms. The smallest absolute Gasteiger partial charge is 0.229 e. The number of nitrogens with zero attached hydrogens (tertiary/aromatic N) is 4. The molecule has 0 saturated carbocycles. The van der Waals surface area contributed by atoms with Crippen LogP contribution in [0.1, 0.15) is 5.69 Å². The zero-order valence-electron chi connectivity index (χ0n) is 9.58. The van der Waals surface area contributed by atoms with E-state index in [4.69, 9.17) is 0 Å².